The lowest BCUT2D eigenvalue weighted by Crippen LogP contribution is -2.05. The van der Waals surface area contributed by atoms with E-state index in [4.69, 9.17) is 0 Å². The van der Waals surface area contributed by atoms with Gasteiger partial charge in [0.25, 0.3) is 5.69 Å². The van der Waals surface area contributed by atoms with Gasteiger partial charge in [-0.05, 0) is 37.5 Å². The number of nitrogens with zero attached hydrogens (tertiary/aromatic N) is 3. The van der Waals surface area contributed by atoms with E-state index in [2.05, 4.69) is 5.10 Å². The smallest absolute Gasteiger partial charge is 0.258 e. The number of benzene rings is 1. The van der Waals surface area contributed by atoms with Crippen molar-refractivity contribution in [2.45, 2.75) is 33.6 Å². The van der Waals surface area contributed by atoms with Crippen LogP contribution in [0.15, 0.2) is 24.3 Å². The maximum Gasteiger partial charge on any atom is 0.295 e. The summed E-state index contributed by atoms with van der Waals surface area (Å²) in [5, 5.41) is 15.6. The minimum Gasteiger partial charge on any atom is -0.258 e. The van der Waals surface area contributed by atoms with Gasteiger partial charge in [-0.15, -0.1) is 0 Å². The van der Waals surface area contributed by atoms with Gasteiger partial charge in [0.15, 0.2) is 0 Å². The van der Waals surface area contributed by atoms with Crippen molar-refractivity contribution >= 4 is 5.69 Å². The Morgan fingerprint density at radius 2 is 2.00 bits per heavy atom. The number of aromatic nitrogens is 2. The van der Waals surface area contributed by atoms with E-state index in [1.165, 1.54) is 0 Å². The van der Waals surface area contributed by atoms with E-state index in [1.807, 2.05) is 32.9 Å². The molecule has 19 heavy (non-hydrogen) atoms. The van der Waals surface area contributed by atoms with Crippen LogP contribution in [0.1, 0.15) is 30.8 Å². The van der Waals surface area contributed by atoms with Crippen LogP contribution < -0.4 is 0 Å². The minimum atomic E-state index is -0.352. The third-order valence-corrected chi connectivity index (χ3v) is 3.11. The molecule has 0 bridgehead atoms. The summed E-state index contributed by atoms with van der Waals surface area (Å²) in [6, 6.07) is 7.22. The summed E-state index contributed by atoms with van der Waals surface area (Å²) in [6.45, 7) is 5.89. The summed E-state index contributed by atoms with van der Waals surface area (Å²) in [4.78, 5) is 10.8. The van der Waals surface area contributed by atoms with E-state index < -0.39 is 0 Å². The van der Waals surface area contributed by atoms with Crippen LogP contribution in [0.25, 0.3) is 5.69 Å². The summed E-state index contributed by atoms with van der Waals surface area (Å²) in [7, 11) is 0. The maximum absolute atomic E-state index is 11.2. The van der Waals surface area contributed by atoms with Crippen LogP contribution >= 0.6 is 0 Å². The number of aryl methyl sites for hydroxylation is 3. The first-order chi connectivity index (χ1) is 9.06. The zero-order valence-corrected chi connectivity index (χ0v) is 11.4. The topological polar surface area (TPSA) is 61.0 Å². The van der Waals surface area contributed by atoms with Gasteiger partial charge in [0.05, 0.1) is 10.6 Å². The van der Waals surface area contributed by atoms with E-state index in [1.54, 1.807) is 16.8 Å². The Kier molecular flexibility index (Phi) is 3.64. The number of hydrogen-bond acceptors (Lipinski definition) is 3. The molecule has 0 atom stereocenters. The molecule has 5 heteroatoms. The molecule has 0 aliphatic rings. The van der Waals surface area contributed by atoms with Crippen molar-refractivity contribution in [1.29, 1.82) is 0 Å². The fraction of sp³-hybridized carbons (Fsp3) is 0.357. The largest absolute Gasteiger partial charge is 0.295 e. The third-order valence-electron chi connectivity index (χ3n) is 3.11. The summed E-state index contributed by atoms with van der Waals surface area (Å²) in [5.41, 5.74) is 3.44. The van der Waals surface area contributed by atoms with Crippen LogP contribution in [0.2, 0.25) is 0 Å². The van der Waals surface area contributed by atoms with Crippen LogP contribution in [0.3, 0.4) is 0 Å². The fourth-order valence-corrected chi connectivity index (χ4v) is 2.07. The highest BCUT2D eigenvalue weighted by molar-refractivity contribution is 5.54. The molecule has 2 rings (SSSR count). The monoisotopic (exact) mass is 259 g/mol. The molecule has 0 saturated heterocycles. The van der Waals surface area contributed by atoms with Crippen LogP contribution in [0.5, 0.6) is 0 Å². The van der Waals surface area contributed by atoms with Gasteiger partial charge in [-0.1, -0.05) is 19.9 Å². The molecule has 0 N–H and O–H groups in total. The number of nitro benzene ring substituents is 1. The van der Waals surface area contributed by atoms with Crippen molar-refractivity contribution in [3.8, 4) is 5.69 Å². The van der Waals surface area contributed by atoms with Gasteiger partial charge in [-0.2, -0.15) is 5.10 Å². The predicted octanol–water partition coefficient (Wildman–Crippen LogP) is 3.21. The van der Waals surface area contributed by atoms with Crippen molar-refractivity contribution in [3.05, 3.63) is 51.3 Å². The van der Waals surface area contributed by atoms with Gasteiger partial charge in [-0.25, -0.2) is 4.68 Å². The summed E-state index contributed by atoms with van der Waals surface area (Å²) < 4.78 is 1.69. The number of hydrogen-bond donors (Lipinski definition) is 0. The van der Waals surface area contributed by atoms with E-state index in [-0.39, 0.29) is 10.6 Å². The fourth-order valence-electron chi connectivity index (χ4n) is 2.07. The lowest BCUT2D eigenvalue weighted by molar-refractivity contribution is -0.384. The molecule has 1 heterocycles. The molecule has 0 aliphatic heterocycles. The van der Waals surface area contributed by atoms with Crippen LogP contribution in [0, 0.1) is 17.0 Å². The summed E-state index contributed by atoms with van der Waals surface area (Å²) in [5.74, 6) is 0. The van der Waals surface area contributed by atoms with E-state index in [9.17, 15) is 10.1 Å². The van der Waals surface area contributed by atoms with Gasteiger partial charge >= 0.3 is 0 Å². The summed E-state index contributed by atoms with van der Waals surface area (Å²) in [6.07, 6.45) is 1.61. The Labute approximate surface area is 112 Å². The molecule has 2 aromatic rings. The average Bonchev–Trinajstić information content (AvgIpc) is 2.81. The first-order valence-corrected chi connectivity index (χ1v) is 6.40. The molecule has 0 fully saturated rings. The van der Waals surface area contributed by atoms with Crippen molar-refractivity contribution in [1.82, 2.24) is 9.78 Å². The highest BCUT2D eigenvalue weighted by atomic mass is 16.6. The second kappa shape index (κ2) is 5.22. The van der Waals surface area contributed by atoms with E-state index in [0.717, 1.165) is 29.8 Å². The molecule has 1 aromatic carbocycles. The molecule has 0 aliphatic carbocycles. The van der Waals surface area contributed by atoms with Crippen LogP contribution in [-0.2, 0) is 12.8 Å². The number of nitro groups is 1. The molecule has 5 nitrogen and oxygen atoms in total. The zero-order valence-electron chi connectivity index (χ0n) is 11.4. The highest BCUT2D eigenvalue weighted by Gasteiger charge is 2.18. The quantitative estimate of drug-likeness (QED) is 0.625. The second-order valence-corrected chi connectivity index (χ2v) is 4.50. The van der Waals surface area contributed by atoms with Gasteiger partial charge < -0.3 is 0 Å². The van der Waals surface area contributed by atoms with E-state index >= 15 is 0 Å². The van der Waals surface area contributed by atoms with Crippen molar-refractivity contribution in [3.63, 3.8) is 0 Å². The lowest BCUT2D eigenvalue weighted by Gasteiger charge is -2.07. The lowest BCUT2D eigenvalue weighted by atomic mass is 10.2. The predicted molar refractivity (Wildman–Crippen MR) is 73.7 cm³/mol. The molecular weight excluding hydrogens is 242 g/mol. The summed E-state index contributed by atoms with van der Waals surface area (Å²) >= 11 is 0. The Morgan fingerprint density at radius 3 is 2.58 bits per heavy atom. The number of rotatable bonds is 4. The Hall–Kier alpha value is -2.17. The molecule has 0 spiro atoms. The van der Waals surface area contributed by atoms with Gasteiger partial charge in [0.2, 0.25) is 0 Å². The molecule has 100 valence electrons. The van der Waals surface area contributed by atoms with Gasteiger partial charge in [-0.3, -0.25) is 10.1 Å². The molecule has 0 unspecified atom stereocenters. The van der Waals surface area contributed by atoms with Gasteiger partial charge in [0.1, 0.15) is 5.69 Å². The van der Waals surface area contributed by atoms with Crippen molar-refractivity contribution < 1.29 is 4.92 Å². The zero-order chi connectivity index (χ0) is 14.0. The Bertz CT molecular complexity index is 617. The molecule has 0 radical (unpaired) electrons. The standard InChI is InChI=1S/C14H17N3O2/c1-4-11-9-12(5-2)16(15-11)13-7-6-10(3)8-14(13)17(18)19/h6-9H,4-5H2,1-3H3. The molecule has 0 amide bonds. The van der Waals surface area contributed by atoms with Crippen molar-refractivity contribution in [2.24, 2.45) is 0 Å². The Morgan fingerprint density at radius 1 is 1.26 bits per heavy atom. The molecular formula is C14H17N3O2. The maximum atomic E-state index is 11.2. The molecule has 0 saturated carbocycles. The molecule has 1 aromatic heterocycles. The Balaban J connectivity index is 2.64. The van der Waals surface area contributed by atoms with Crippen molar-refractivity contribution in [2.75, 3.05) is 0 Å². The van der Waals surface area contributed by atoms with Crippen LogP contribution in [-0.4, -0.2) is 14.7 Å². The SMILES string of the molecule is CCc1cc(CC)n(-c2ccc(C)cc2[N+](=O)[O-])n1. The second-order valence-electron chi connectivity index (χ2n) is 4.50. The first kappa shape index (κ1) is 13.3. The van der Waals surface area contributed by atoms with E-state index in [0.29, 0.717) is 5.69 Å². The minimum absolute atomic E-state index is 0.0976. The highest BCUT2D eigenvalue weighted by Crippen LogP contribution is 2.25. The average molecular weight is 259 g/mol. The normalized spacial score (nSPS) is 10.7. The first-order valence-electron chi connectivity index (χ1n) is 6.40. The van der Waals surface area contributed by atoms with Crippen LogP contribution in [0.4, 0.5) is 5.69 Å². The third kappa shape index (κ3) is 2.50. The van der Waals surface area contributed by atoms with Gasteiger partial charge in [0, 0.05) is 11.8 Å².